The molecule has 0 unspecified atom stereocenters. The fraction of sp³-hybridized carbons (Fsp3) is 0.167. The van der Waals surface area contributed by atoms with E-state index in [9.17, 15) is 14.4 Å². The van der Waals surface area contributed by atoms with Crippen LogP contribution in [0.25, 0.3) is 0 Å². The predicted molar refractivity (Wildman–Crippen MR) is 65.2 cm³/mol. The van der Waals surface area contributed by atoms with E-state index in [1.807, 2.05) is 0 Å². The third-order valence-corrected chi connectivity index (χ3v) is 2.26. The highest BCUT2D eigenvalue weighted by molar-refractivity contribution is 6.34. The van der Waals surface area contributed by atoms with E-state index in [1.54, 1.807) is 0 Å². The highest BCUT2D eigenvalue weighted by Crippen LogP contribution is 2.15. The van der Waals surface area contributed by atoms with Gasteiger partial charge in [-0.25, -0.2) is 14.4 Å². The molecule has 0 saturated carbocycles. The number of nitrogens with one attached hydrogen (secondary N) is 1. The van der Waals surface area contributed by atoms with E-state index in [1.165, 1.54) is 24.3 Å². The van der Waals surface area contributed by atoms with Gasteiger partial charge in [-0.15, -0.1) is 0 Å². The van der Waals surface area contributed by atoms with Crippen molar-refractivity contribution in [3.05, 3.63) is 29.8 Å². The molecule has 0 fully saturated rings. The Hall–Kier alpha value is -2.90. The summed E-state index contributed by atoms with van der Waals surface area (Å²) in [5, 5.41) is 33.0. The van der Waals surface area contributed by atoms with Crippen molar-refractivity contribution in [1.82, 2.24) is 0 Å². The van der Waals surface area contributed by atoms with Crippen molar-refractivity contribution in [3.8, 4) is 5.75 Å². The third kappa shape index (κ3) is 4.09. The van der Waals surface area contributed by atoms with Crippen LogP contribution in [0.2, 0.25) is 0 Å². The van der Waals surface area contributed by atoms with E-state index in [4.69, 9.17) is 25.5 Å². The molecule has 0 amide bonds. The SMILES string of the molecule is N=C(Cc1ccc(OC(C(=O)O)C(=O)O)cc1)C(=O)O. The van der Waals surface area contributed by atoms with Gasteiger partial charge in [-0.2, -0.15) is 0 Å². The molecule has 4 N–H and O–H groups in total. The van der Waals surface area contributed by atoms with Crippen LogP contribution in [0.4, 0.5) is 0 Å². The number of carboxylic acid groups (broad SMARTS) is 3. The fourth-order valence-electron chi connectivity index (χ4n) is 1.31. The zero-order valence-electron chi connectivity index (χ0n) is 10.1. The van der Waals surface area contributed by atoms with E-state index in [0.717, 1.165) is 0 Å². The van der Waals surface area contributed by atoms with Gasteiger partial charge in [0, 0.05) is 6.42 Å². The molecule has 106 valence electrons. The molecule has 20 heavy (non-hydrogen) atoms. The zero-order chi connectivity index (χ0) is 15.3. The fourth-order valence-corrected chi connectivity index (χ4v) is 1.31. The average molecular weight is 281 g/mol. The Kier molecular flexibility index (Phi) is 4.79. The van der Waals surface area contributed by atoms with E-state index in [0.29, 0.717) is 5.56 Å². The number of hydrogen-bond donors (Lipinski definition) is 4. The second-order valence-electron chi connectivity index (χ2n) is 3.78. The molecule has 0 aliphatic heterocycles. The average Bonchev–Trinajstić information content (AvgIpc) is 2.36. The van der Waals surface area contributed by atoms with Gasteiger partial charge in [0.1, 0.15) is 11.5 Å². The normalized spacial score (nSPS) is 10.1. The second-order valence-corrected chi connectivity index (χ2v) is 3.78. The maximum Gasteiger partial charge on any atom is 0.356 e. The Labute approximate surface area is 112 Å². The molecular formula is C12H11NO7. The van der Waals surface area contributed by atoms with Crippen molar-refractivity contribution in [2.75, 3.05) is 0 Å². The lowest BCUT2D eigenvalue weighted by atomic mass is 10.1. The molecule has 0 aliphatic rings. The largest absolute Gasteiger partial charge is 0.478 e. The van der Waals surface area contributed by atoms with Crippen LogP contribution in [0, 0.1) is 5.41 Å². The first-order chi connectivity index (χ1) is 9.31. The molecule has 0 spiro atoms. The zero-order valence-corrected chi connectivity index (χ0v) is 10.1. The molecule has 1 aromatic carbocycles. The molecule has 0 atom stereocenters. The molecule has 0 saturated heterocycles. The summed E-state index contributed by atoms with van der Waals surface area (Å²) in [7, 11) is 0. The topological polar surface area (TPSA) is 145 Å². The molecule has 0 heterocycles. The van der Waals surface area contributed by atoms with Gasteiger partial charge in [0.05, 0.1) is 0 Å². The van der Waals surface area contributed by atoms with Crippen LogP contribution in [-0.2, 0) is 20.8 Å². The summed E-state index contributed by atoms with van der Waals surface area (Å²) in [6.45, 7) is 0. The Bertz CT molecular complexity index is 535. The van der Waals surface area contributed by atoms with Crippen molar-refractivity contribution < 1.29 is 34.4 Å². The molecule has 0 bridgehead atoms. The Morgan fingerprint density at radius 3 is 1.95 bits per heavy atom. The Balaban J connectivity index is 2.76. The number of rotatable bonds is 7. The standard InChI is InChI=1S/C12H11NO7/c13-8(10(14)15)5-6-1-3-7(4-2-6)20-9(11(16)17)12(18)19/h1-4,9,13H,5H2,(H,14,15)(H,16,17)(H,18,19). The molecule has 1 aromatic rings. The van der Waals surface area contributed by atoms with Crippen LogP contribution >= 0.6 is 0 Å². The van der Waals surface area contributed by atoms with Crippen molar-refractivity contribution >= 4 is 23.6 Å². The number of benzene rings is 1. The summed E-state index contributed by atoms with van der Waals surface area (Å²) in [6.07, 6.45) is -2.12. The predicted octanol–water partition coefficient (Wildman–Crippen LogP) is 0.250. The number of carboxylic acids is 3. The van der Waals surface area contributed by atoms with E-state index >= 15 is 0 Å². The van der Waals surface area contributed by atoms with Crippen LogP contribution in [0.15, 0.2) is 24.3 Å². The monoisotopic (exact) mass is 281 g/mol. The quantitative estimate of drug-likeness (QED) is 0.414. The van der Waals surface area contributed by atoms with Gasteiger partial charge in [0.2, 0.25) is 0 Å². The summed E-state index contributed by atoms with van der Waals surface area (Å²) in [4.78, 5) is 31.8. The van der Waals surface area contributed by atoms with E-state index < -0.39 is 29.7 Å². The van der Waals surface area contributed by atoms with E-state index in [-0.39, 0.29) is 12.2 Å². The van der Waals surface area contributed by atoms with Crippen LogP contribution in [-0.4, -0.2) is 45.0 Å². The molecule has 1 rings (SSSR count). The molecular weight excluding hydrogens is 270 g/mol. The summed E-state index contributed by atoms with van der Waals surface area (Å²) in [6, 6.07) is 5.47. The van der Waals surface area contributed by atoms with Crippen LogP contribution in [0.5, 0.6) is 5.75 Å². The number of hydrogen-bond acceptors (Lipinski definition) is 5. The van der Waals surface area contributed by atoms with Crippen molar-refractivity contribution in [3.63, 3.8) is 0 Å². The molecule has 0 aliphatic carbocycles. The van der Waals surface area contributed by atoms with Crippen LogP contribution < -0.4 is 4.74 Å². The van der Waals surface area contributed by atoms with Gasteiger partial charge in [0.15, 0.2) is 0 Å². The first kappa shape index (κ1) is 15.2. The minimum atomic E-state index is -2.02. The van der Waals surface area contributed by atoms with E-state index in [2.05, 4.69) is 0 Å². The van der Waals surface area contributed by atoms with Crippen LogP contribution in [0.3, 0.4) is 0 Å². The maximum atomic E-state index is 10.6. The summed E-state index contributed by atoms with van der Waals surface area (Å²) in [5.74, 6) is -4.57. The first-order valence-corrected chi connectivity index (χ1v) is 5.33. The summed E-state index contributed by atoms with van der Waals surface area (Å²) in [5.41, 5.74) is 0.0135. The smallest absolute Gasteiger partial charge is 0.356 e. The van der Waals surface area contributed by atoms with Crippen LogP contribution in [0.1, 0.15) is 5.56 Å². The van der Waals surface area contributed by atoms with Gasteiger partial charge in [-0.1, -0.05) is 12.1 Å². The van der Waals surface area contributed by atoms with Crippen molar-refractivity contribution in [1.29, 1.82) is 5.41 Å². The lowest BCUT2D eigenvalue weighted by Gasteiger charge is -2.11. The Morgan fingerprint density at radius 1 is 1.05 bits per heavy atom. The second kappa shape index (κ2) is 6.32. The lowest BCUT2D eigenvalue weighted by molar-refractivity contribution is -0.159. The van der Waals surface area contributed by atoms with Gasteiger partial charge >= 0.3 is 17.9 Å². The van der Waals surface area contributed by atoms with Gasteiger partial charge in [-0.3, -0.25) is 5.41 Å². The number of ether oxygens (including phenoxy) is 1. The summed E-state index contributed by atoms with van der Waals surface area (Å²) < 4.78 is 4.78. The summed E-state index contributed by atoms with van der Waals surface area (Å²) >= 11 is 0. The molecule has 8 nitrogen and oxygen atoms in total. The molecule has 8 heteroatoms. The van der Waals surface area contributed by atoms with Gasteiger partial charge in [-0.05, 0) is 17.7 Å². The highest BCUT2D eigenvalue weighted by Gasteiger charge is 2.27. The third-order valence-electron chi connectivity index (χ3n) is 2.26. The molecule has 0 aromatic heterocycles. The number of carbonyl (C=O) groups is 3. The van der Waals surface area contributed by atoms with Gasteiger partial charge in [0.25, 0.3) is 6.10 Å². The number of aliphatic carboxylic acids is 3. The molecule has 0 radical (unpaired) electrons. The highest BCUT2D eigenvalue weighted by atomic mass is 16.5. The first-order valence-electron chi connectivity index (χ1n) is 5.33. The Morgan fingerprint density at radius 2 is 1.55 bits per heavy atom. The maximum absolute atomic E-state index is 10.6. The minimum Gasteiger partial charge on any atom is -0.478 e. The minimum absolute atomic E-state index is 0.0189. The van der Waals surface area contributed by atoms with Crippen molar-refractivity contribution in [2.45, 2.75) is 12.5 Å². The van der Waals surface area contributed by atoms with Gasteiger partial charge < -0.3 is 20.1 Å². The van der Waals surface area contributed by atoms with Crippen molar-refractivity contribution in [2.24, 2.45) is 0 Å². The lowest BCUT2D eigenvalue weighted by Crippen LogP contribution is -2.35.